The Balaban J connectivity index is 2.81. The Labute approximate surface area is 176 Å². The van der Waals surface area contributed by atoms with Crippen molar-refractivity contribution in [2.75, 3.05) is 7.11 Å². The molecule has 1 heterocycles. The van der Waals surface area contributed by atoms with E-state index in [1.165, 1.54) is 27.2 Å². The molecule has 1 aromatic rings. The summed E-state index contributed by atoms with van der Waals surface area (Å²) in [5, 5.41) is 12.5. The minimum atomic E-state index is -4.37. The number of ketones is 1. The van der Waals surface area contributed by atoms with E-state index in [2.05, 4.69) is 10.1 Å². The van der Waals surface area contributed by atoms with Crippen molar-refractivity contribution in [3.05, 3.63) is 63.4 Å². The topological polar surface area (TPSA) is 106 Å². The standard InChI is InChI=1S/C21H24F3NO6/c1-13(12-21(22,23)24)8-9-14(2)18(27)17-16(26)11-15(31-19(17)28)7-5-4-6-10-25-20(29)30-3/h6,8-11,26H,4-5,7,12H2,1-3H3,(H,25,29)/b10-6+,13-8+,14-9+. The molecule has 2 N–H and O–H groups in total. The van der Waals surface area contributed by atoms with Gasteiger partial charge >= 0.3 is 17.9 Å². The first-order chi connectivity index (χ1) is 14.4. The Bertz CT molecular complexity index is 941. The maximum absolute atomic E-state index is 12.4. The number of nitrogens with one attached hydrogen (secondary N) is 1. The van der Waals surface area contributed by atoms with Crippen LogP contribution in [0.1, 0.15) is 49.2 Å². The molecule has 1 rings (SSSR count). The van der Waals surface area contributed by atoms with E-state index >= 15 is 0 Å². The molecule has 0 bridgehead atoms. The molecule has 0 saturated heterocycles. The number of allylic oxidation sites excluding steroid dienone is 5. The summed E-state index contributed by atoms with van der Waals surface area (Å²) in [5.41, 5.74) is -1.66. The summed E-state index contributed by atoms with van der Waals surface area (Å²) in [4.78, 5) is 35.4. The minimum Gasteiger partial charge on any atom is -0.507 e. The molecule has 0 unspecified atom stereocenters. The molecule has 0 aliphatic heterocycles. The van der Waals surface area contributed by atoms with Gasteiger partial charge in [-0.25, -0.2) is 9.59 Å². The summed E-state index contributed by atoms with van der Waals surface area (Å²) in [6.45, 7) is 2.59. The molecular weight excluding hydrogens is 419 g/mol. The fourth-order valence-corrected chi connectivity index (χ4v) is 2.44. The van der Waals surface area contributed by atoms with E-state index in [0.717, 1.165) is 18.2 Å². The second-order valence-electron chi connectivity index (χ2n) is 6.67. The second kappa shape index (κ2) is 11.8. The van der Waals surface area contributed by atoms with Crippen molar-refractivity contribution in [2.24, 2.45) is 0 Å². The molecule has 170 valence electrons. The number of alkyl halides is 3. The predicted octanol–water partition coefficient (Wildman–Crippen LogP) is 4.57. The average Bonchev–Trinajstić information content (AvgIpc) is 2.66. The summed E-state index contributed by atoms with van der Waals surface area (Å²) >= 11 is 0. The number of Topliss-reactive ketones (excluding diaryl/α,β-unsaturated/α-hetero) is 1. The van der Waals surface area contributed by atoms with Gasteiger partial charge in [0.2, 0.25) is 0 Å². The Hall–Kier alpha value is -3.30. The molecule has 0 spiro atoms. The van der Waals surface area contributed by atoms with Gasteiger partial charge in [-0.3, -0.25) is 10.1 Å². The van der Waals surface area contributed by atoms with Crippen molar-refractivity contribution >= 4 is 11.9 Å². The van der Waals surface area contributed by atoms with Gasteiger partial charge in [-0.1, -0.05) is 23.8 Å². The molecule has 10 heteroatoms. The molecule has 0 aliphatic rings. The number of rotatable bonds is 9. The smallest absolute Gasteiger partial charge is 0.410 e. The van der Waals surface area contributed by atoms with Crippen molar-refractivity contribution in [1.82, 2.24) is 5.32 Å². The van der Waals surface area contributed by atoms with Crippen LogP contribution in [0, 0.1) is 0 Å². The summed E-state index contributed by atoms with van der Waals surface area (Å²) in [6, 6.07) is 1.16. The van der Waals surface area contributed by atoms with Gasteiger partial charge in [-0.05, 0) is 32.3 Å². The number of ether oxygens (including phenoxy) is 1. The first-order valence-corrected chi connectivity index (χ1v) is 9.25. The molecule has 1 amide bonds. The highest BCUT2D eigenvalue weighted by atomic mass is 19.4. The van der Waals surface area contributed by atoms with E-state index in [4.69, 9.17) is 4.42 Å². The summed E-state index contributed by atoms with van der Waals surface area (Å²) in [7, 11) is 1.23. The molecule has 0 fully saturated rings. The Morgan fingerprint density at radius 3 is 2.52 bits per heavy atom. The molecule has 7 nitrogen and oxygen atoms in total. The van der Waals surface area contributed by atoms with Gasteiger partial charge in [-0.2, -0.15) is 13.2 Å². The van der Waals surface area contributed by atoms with Gasteiger partial charge in [0.15, 0.2) is 5.78 Å². The Morgan fingerprint density at radius 2 is 1.94 bits per heavy atom. The number of hydrogen-bond donors (Lipinski definition) is 2. The van der Waals surface area contributed by atoms with Crippen molar-refractivity contribution in [3.63, 3.8) is 0 Å². The van der Waals surface area contributed by atoms with Crippen LogP contribution in [-0.2, 0) is 11.2 Å². The van der Waals surface area contributed by atoms with Crippen molar-refractivity contribution in [3.8, 4) is 5.75 Å². The lowest BCUT2D eigenvalue weighted by Crippen LogP contribution is -2.16. The van der Waals surface area contributed by atoms with E-state index < -0.39 is 41.4 Å². The minimum absolute atomic E-state index is 0.0120. The van der Waals surface area contributed by atoms with Crippen molar-refractivity contribution in [1.29, 1.82) is 0 Å². The van der Waals surface area contributed by atoms with E-state index in [1.54, 1.807) is 6.08 Å². The van der Waals surface area contributed by atoms with Crippen LogP contribution in [0.4, 0.5) is 18.0 Å². The molecule has 0 aliphatic carbocycles. The van der Waals surface area contributed by atoms with Gasteiger partial charge in [0.05, 0.1) is 13.5 Å². The average molecular weight is 443 g/mol. The number of halogens is 3. The highest BCUT2D eigenvalue weighted by Gasteiger charge is 2.27. The molecule has 0 radical (unpaired) electrons. The first kappa shape index (κ1) is 25.7. The second-order valence-corrected chi connectivity index (χ2v) is 6.67. The van der Waals surface area contributed by atoms with E-state index in [-0.39, 0.29) is 23.3 Å². The van der Waals surface area contributed by atoms with Crippen molar-refractivity contribution < 1.29 is 37.0 Å². The van der Waals surface area contributed by atoms with Crippen LogP contribution in [0.2, 0.25) is 0 Å². The van der Waals surface area contributed by atoms with Crippen molar-refractivity contribution in [2.45, 2.75) is 45.7 Å². The molecule has 31 heavy (non-hydrogen) atoms. The van der Waals surface area contributed by atoms with Gasteiger partial charge < -0.3 is 14.3 Å². The van der Waals surface area contributed by atoms with Gasteiger partial charge in [0, 0.05) is 18.7 Å². The third-order valence-corrected chi connectivity index (χ3v) is 3.96. The van der Waals surface area contributed by atoms with Crippen LogP contribution < -0.4 is 10.9 Å². The number of methoxy groups -OCH3 is 1. The maximum Gasteiger partial charge on any atom is 0.410 e. The largest absolute Gasteiger partial charge is 0.507 e. The monoisotopic (exact) mass is 443 g/mol. The number of carbonyl (C=O) groups excluding carboxylic acids is 2. The Kier molecular flexibility index (Phi) is 9.78. The highest BCUT2D eigenvalue weighted by Crippen LogP contribution is 2.24. The number of aromatic hydroxyl groups is 1. The van der Waals surface area contributed by atoms with Crippen LogP contribution in [0.5, 0.6) is 5.75 Å². The third kappa shape index (κ3) is 9.37. The zero-order valence-electron chi connectivity index (χ0n) is 17.3. The first-order valence-electron chi connectivity index (χ1n) is 9.25. The normalized spacial score (nSPS) is 12.8. The maximum atomic E-state index is 12.4. The van der Waals surface area contributed by atoms with Crippen LogP contribution in [0.3, 0.4) is 0 Å². The number of alkyl carbamates (subject to hydrolysis) is 1. The lowest BCUT2D eigenvalue weighted by molar-refractivity contribution is -0.127. The summed E-state index contributed by atoms with van der Waals surface area (Å²) < 4.78 is 46.5. The number of hydrogen-bond acceptors (Lipinski definition) is 6. The predicted molar refractivity (Wildman–Crippen MR) is 107 cm³/mol. The van der Waals surface area contributed by atoms with E-state index in [1.807, 2.05) is 0 Å². The number of unbranched alkanes of at least 4 members (excludes halogenated alkanes) is 1. The molecular formula is C21H24F3NO6. The van der Waals surface area contributed by atoms with Gasteiger partial charge in [0.1, 0.15) is 17.1 Å². The van der Waals surface area contributed by atoms with E-state index in [0.29, 0.717) is 12.8 Å². The molecule has 0 atom stereocenters. The van der Waals surface area contributed by atoms with E-state index in [9.17, 15) is 32.7 Å². The highest BCUT2D eigenvalue weighted by molar-refractivity contribution is 6.09. The fourth-order valence-electron chi connectivity index (χ4n) is 2.44. The molecule has 0 aromatic carbocycles. The van der Waals surface area contributed by atoms with Crippen LogP contribution in [0.25, 0.3) is 0 Å². The van der Waals surface area contributed by atoms with Gasteiger partial charge in [0.25, 0.3) is 0 Å². The Morgan fingerprint density at radius 1 is 1.26 bits per heavy atom. The van der Waals surface area contributed by atoms with Crippen LogP contribution in [0.15, 0.2) is 50.9 Å². The van der Waals surface area contributed by atoms with Gasteiger partial charge in [-0.15, -0.1) is 0 Å². The lowest BCUT2D eigenvalue weighted by atomic mass is 10.0. The van der Waals surface area contributed by atoms with Crippen LogP contribution >= 0.6 is 0 Å². The zero-order valence-corrected chi connectivity index (χ0v) is 17.3. The zero-order chi connectivity index (χ0) is 23.6. The van der Waals surface area contributed by atoms with Crippen LogP contribution in [-0.4, -0.2) is 30.3 Å². The lowest BCUT2D eigenvalue weighted by Gasteiger charge is -2.06. The summed E-state index contributed by atoms with van der Waals surface area (Å²) in [6.07, 6.45) is 0.599. The fraction of sp³-hybridized carbons (Fsp3) is 0.381. The third-order valence-electron chi connectivity index (χ3n) is 3.96. The number of carbonyl (C=O) groups is 2. The molecule has 1 aromatic heterocycles. The summed E-state index contributed by atoms with van der Waals surface area (Å²) in [5.74, 6) is -1.25. The molecule has 0 saturated carbocycles. The number of aryl methyl sites for hydroxylation is 1. The quantitative estimate of drug-likeness (QED) is 0.251. The SMILES string of the molecule is COC(=O)N/C=C/CCCc1cc(O)c(C(=O)/C(C)=C/C=C(\C)CC(F)(F)F)c(=O)o1. The number of amides is 1.